The third-order valence-electron chi connectivity index (χ3n) is 2.67. The van der Waals surface area contributed by atoms with Crippen LogP contribution in [0.2, 0.25) is 0 Å². The SMILES string of the molecule is CC(=NO)c1nonc1N.NC(=NO)c1nonc1N.Nc1nonc1C(Cl)=NO. The lowest BCUT2D eigenvalue weighted by molar-refractivity contribution is 0.305. The van der Waals surface area contributed by atoms with E-state index in [-0.39, 0.29) is 51.3 Å². The molecule has 30 heavy (non-hydrogen) atoms. The summed E-state index contributed by atoms with van der Waals surface area (Å²) in [6.07, 6.45) is 0. The van der Waals surface area contributed by atoms with Crippen LogP contribution in [0.4, 0.5) is 17.5 Å². The highest BCUT2D eigenvalue weighted by Crippen LogP contribution is 2.07. The molecule has 0 atom stereocenters. The zero-order chi connectivity index (χ0) is 22.7. The van der Waals surface area contributed by atoms with Crippen LogP contribution < -0.4 is 22.9 Å². The van der Waals surface area contributed by atoms with E-state index in [4.69, 9.17) is 50.2 Å². The Balaban J connectivity index is 0.000000225. The molecule has 0 radical (unpaired) electrons. The van der Waals surface area contributed by atoms with Gasteiger partial charge in [-0.3, -0.25) is 0 Å². The van der Waals surface area contributed by atoms with E-state index in [0.717, 1.165) is 0 Å². The van der Waals surface area contributed by atoms with Crippen LogP contribution in [0.1, 0.15) is 24.0 Å². The summed E-state index contributed by atoms with van der Waals surface area (Å²) in [5.74, 6) is -0.118. The highest BCUT2D eigenvalue weighted by molar-refractivity contribution is 6.69. The number of nitrogens with two attached hydrogens (primary N) is 4. The molecule has 3 aromatic heterocycles. The molecule has 11 N–H and O–H groups in total. The van der Waals surface area contributed by atoms with Gasteiger partial charge in [-0.2, -0.15) is 0 Å². The van der Waals surface area contributed by atoms with Crippen molar-refractivity contribution in [2.45, 2.75) is 6.92 Å². The van der Waals surface area contributed by atoms with Gasteiger partial charge in [0.25, 0.3) is 0 Å². The van der Waals surface area contributed by atoms with Crippen molar-refractivity contribution < 1.29 is 29.5 Å². The van der Waals surface area contributed by atoms with Gasteiger partial charge in [-0.15, -0.1) is 0 Å². The van der Waals surface area contributed by atoms with Gasteiger partial charge in [-0.05, 0) is 37.9 Å². The van der Waals surface area contributed by atoms with E-state index >= 15 is 0 Å². The first kappa shape index (κ1) is 23.4. The Hall–Kier alpha value is -4.68. The smallest absolute Gasteiger partial charge is 0.201 e. The van der Waals surface area contributed by atoms with Crippen LogP contribution in [0.15, 0.2) is 29.4 Å². The van der Waals surface area contributed by atoms with Gasteiger partial charge >= 0.3 is 0 Å². The van der Waals surface area contributed by atoms with E-state index in [1.807, 2.05) is 0 Å². The number of hydrogen-bond donors (Lipinski definition) is 7. The third-order valence-corrected chi connectivity index (χ3v) is 2.92. The summed E-state index contributed by atoms with van der Waals surface area (Å²) in [4.78, 5) is 0. The van der Waals surface area contributed by atoms with Crippen LogP contribution in [0, 0.1) is 0 Å². The molecule has 3 rings (SSSR count). The first-order chi connectivity index (χ1) is 14.3. The lowest BCUT2D eigenvalue weighted by Crippen LogP contribution is -2.15. The average molecular weight is 448 g/mol. The first-order valence-corrected chi connectivity index (χ1v) is 7.43. The standard InChI is InChI=1S/C4H6N4O2.C3H3ClN4O2.C3H5N5O2/c1-2(6-9)3-4(5)8-10-7-3;2*4-2(6-9)1-3(5)8-10-7-1/h9H,1H3,(H2,5,8);9H,(H2,5,8);9H,(H2,4,6)(H2,5,8). The van der Waals surface area contributed by atoms with Gasteiger partial charge in [-0.1, -0.05) is 27.1 Å². The molecule has 0 fully saturated rings. The van der Waals surface area contributed by atoms with Crippen LogP contribution in [0.25, 0.3) is 0 Å². The fourth-order valence-electron chi connectivity index (χ4n) is 1.30. The second-order valence-electron chi connectivity index (χ2n) is 4.56. The van der Waals surface area contributed by atoms with Crippen molar-refractivity contribution in [3.8, 4) is 0 Å². The Labute approximate surface area is 169 Å². The minimum Gasteiger partial charge on any atom is -0.411 e. The summed E-state index contributed by atoms with van der Waals surface area (Å²) in [6, 6.07) is 0. The van der Waals surface area contributed by atoms with E-state index in [9.17, 15) is 0 Å². The highest BCUT2D eigenvalue weighted by atomic mass is 35.5. The Kier molecular flexibility index (Phi) is 8.74. The van der Waals surface area contributed by atoms with Crippen molar-refractivity contribution in [2.75, 3.05) is 17.2 Å². The topological polar surface area (TPSA) is 319 Å². The maximum absolute atomic E-state index is 8.25. The minimum absolute atomic E-state index is 0.00435. The second kappa shape index (κ2) is 11.2. The molecule has 0 saturated carbocycles. The number of rotatable bonds is 3. The van der Waals surface area contributed by atoms with E-state index in [1.54, 1.807) is 0 Å². The average Bonchev–Trinajstić information content (AvgIpc) is 3.48. The van der Waals surface area contributed by atoms with E-state index in [2.05, 4.69) is 60.3 Å². The Morgan fingerprint density at radius 3 is 1.50 bits per heavy atom. The Bertz CT molecular complexity index is 894. The number of amidine groups is 1. The monoisotopic (exact) mass is 447 g/mol. The zero-order valence-corrected chi connectivity index (χ0v) is 15.5. The van der Waals surface area contributed by atoms with E-state index < -0.39 is 0 Å². The van der Waals surface area contributed by atoms with Gasteiger partial charge in [-0.25, -0.2) is 13.9 Å². The predicted molar refractivity (Wildman–Crippen MR) is 96.8 cm³/mol. The number of aromatic nitrogens is 6. The summed E-state index contributed by atoms with van der Waals surface area (Å²) in [5, 5.41) is 52.0. The fraction of sp³-hybridized carbons (Fsp3) is 0.100. The summed E-state index contributed by atoms with van der Waals surface area (Å²) in [5.41, 5.74) is 21.3. The molecule has 19 nitrogen and oxygen atoms in total. The van der Waals surface area contributed by atoms with E-state index in [0.29, 0.717) is 0 Å². The molecule has 0 aliphatic rings. The zero-order valence-electron chi connectivity index (χ0n) is 14.8. The normalized spacial score (nSPS) is 11.9. The molecule has 0 aliphatic heterocycles. The van der Waals surface area contributed by atoms with Gasteiger partial charge in [0.05, 0.1) is 0 Å². The molecule has 0 spiro atoms. The van der Waals surface area contributed by atoms with Crippen molar-refractivity contribution in [2.24, 2.45) is 21.2 Å². The largest absolute Gasteiger partial charge is 0.411 e. The van der Waals surface area contributed by atoms with Crippen LogP contribution in [-0.2, 0) is 0 Å². The lowest BCUT2D eigenvalue weighted by Gasteiger charge is -1.87. The van der Waals surface area contributed by atoms with Crippen molar-refractivity contribution in [3.63, 3.8) is 0 Å². The van der Waals surface area contributed by atoms with Gasteiger partial charge in [0.2, 0.25) is 5.17 Å². The van der Waals surface area contributed by atoms with Crippen molar-refractivity contribution in [1.82, 2.24) is 30.9 Å². The minimum atomic E-state index is -0.251. The first-order valence-electron chi connectivity index (χ1n) is 7.05. The molecule has 3 aromatic rings. The van der Waals surface area contributed by atoms with Gasteiger partial charge in [0.15, 0.2) is 40.4 Å². The Morgan fingerprint density at radius 1 is 0.733 bits per heavy atom. The predicted octanol–water partition coefficient (Wildman–Crippen LogP) is -1.38. The molecule has 0 aliphatic carbocycles. The third kappa shape index (κ3) is 6.19. The highest BCUT2D eigenvalue weighted by Gasteiger charge is 2.11. The van der Waals surface area contributed by atoms with E-state index in [1.165, 1.54) is 6.92 Å². The van der Waals surface area contributed by atoms with Crippen molar-refractivity contribution in [3.05, 3.63) is 17.1 Å². The van der Waals surface area contributed by atoms with Gasteiger partial charge in [0, 0.05) is 0 Å². The molecule has 20 heteroatoms. The van der Waals surface area contributed by atoms with Crippen LogP contribution in [0.3, 0.4) is 0 Å². The number of nitrogen functional groups attached to an aromatic ring is 3. The summed E-state index contributed by atoms with van der Waals surface area (Å²) >= 11 is 5.29. The Morgan fingerprint density at radius 2 is 1.17 bits per heavy atom. The number of nitrogens with zero attached hydrogens (tertiary/aromatic N) is 9. The summed E-state index contributed by atoms with van der Waals surface area (Å²) < 4.78 is 12.6. The molecule has 0 bridgehead atoms. The van der Waals surface area contributed by atoms with Crippen LogP contribution in [0.5, 0.6) is 0 Å². The molecule has 0 aromatic carbocycles. The van der Waals surface area contributed by atoms with Crippen molar-refractivity contribution >= 4 is 45.8 Å². The number of hydrogen-bond acceptors (Lipinski definition) is 18. The maximum atomic E-state index is 8.25. The molecule has 3 heterocycles. The number of oxime groups is 3. The summed E-state index contributed by atoms with van der Waals surface area (Å²) in [6.45, 7) is 1.54. The molecule has 162 valence electrons. The molecule has 0 unspecified atom stereocenters. The molecular formula is C10H14ClN13O6. The summed E-state index contributed by atoms with van der Waals surface area (Å²) in [7, 11) is 0. The van der Waals surface area contributed by atoms with Crippen molar-refractivity contribution in [1.29, 1.82) is 0 Å². The fourth-order valence-corrected chi connectivity index (χ4v) is 1.43. The number of anilines is 3. The lowest BCUT2D eigenvalue weighted by atomic mass is 10.3. The molecular weight excluding hydrogens is 434 g/mol. The quantitative estimate of drug-likeness (QED) is 0.105. The second-order valence-corrected chi connectivity index (χ2v) is 4.91. The van der Waals surface area contributed by atoms with Gasteiger partial charge in [0.1, 0.15) is 5.71 Å². The van der Waals surface area contributed by atoms with Gasteiger partial charge < -0.3 is 38.6 Å². The maximum Gasteiger partial charge on any atom is 0.201 e. The number of halogens is 1. The van der Waals surface area contributed by atoms with Crippen LogP contribution in [-0.4, -0.2) is 63.3 Å². The molecule has 0 saturated heterocycles. The van der Waals surface area contributed by atoms with Crippen LogP contribution >= 0.6 is 11.6 Å². The molecule has 0 amide bonds.